The molecule has 0 saturated carbocycles. The Morgan fingerprint density at radius 2 is 2.18 bits per heavy atom. The maximum Gasteiger partial charge on any atom is 0.274 e. The third kappa shape index (κ3) is 4.40. The Morgan fingerprint density at radius 1 is 1.47 bits per heavy atom. The van der Waals surface area contributed by atoms with Crippen LogP contribution in [-0.4, -0.2) is 24.2 Å². The van der Waals surface area contributed by atoms with E-state index in [0.717, 1.165) is 5.69 Å². The van der Waals surface area contributed by atoms with E-state index in [0.29, 0.717) is 18.7 Å². The first-order chi connectivity index (χ1) is 8.00. The van der Waals surface area contributed by atoms with Crippen LogP contribution in [0, 0.1) is 17.0 Å². The molecule has 94 valence electrons. The molecule has 0 aliphatic heterocycles. The van der Waals surface area contributed by atoms with Gasteiger partial charge in [-0.25, -0.2) is 0 Å². The van der Waals surface area contributed by atoms with Crippen LogP contribution in [0.5, 0.6) is 0 Å². The van der Waals surface area contributed by atoms with Gasteiger partial charge in [0.1, 0.15) is 0 Å². The van der Waals surface area contributed by atoms with Gasteiger partial charge in [-0.3, -0.25) is 10.1 Å². The maximum atomic E-state index is 10.7. The van der Waals surface area contributed by atoms with Gasteiger partial charge in [-0.2, -0.15) is 0 Å². The van der Waals surface area contributed by atoms with Crippen LogP contribution in [0.15, 0.2) is 18.2 Å². The quantitative estimate of drug-likeness (QED) is 0.470. The van der Waals surface area contributed by atoms with Crippen LogP contribution in [0.1, 0.15) is 19.4 Å². The lowest BCUT2D eigenvalue weighted by molar-refractivity contribution is -0.385. The Hall–Kier alpha value is -1.62. The fourth-order valence-corrected chi connectivity index (χ4v) is 1.41. The lowest BCUT2D eigenvalue weighted by Gasteiger charge is -2.09. The van der Waals surface area contributed by atoms with Crippen LogP contribution in [0.25, 0.3) is 0 Å². The zero-order valence-electron chi connectivity index (χ0n) is 10.4. The van der Waals surface area contributed by atoms with Crippen LogP contribution in [0.3, 0.4) is 0 Å². The number of nitrogens with zero attached hydrogens (tertiary/aromatic N) is 1. The van der Waals surface area contributed by atoms with Gasteiger partial charge >= 0.3 is 0 Å². The predicted molar refractivity (Wildman–Crippen MR) is 67.4 cm³/mol. The molecule has 0 aliphatic carbocycles. The fourth-order valence-electron chi connectivity index (χ4n) is 1.41. The summed E-state index contributed by atoms with van der Waals surface area (Å²) < 4.78 is 5.37. The second kappa shape index (κ2) is 6.20. The van der Waals surface area contributed by atoms with Crippen molar-refractivity contribution in [1.29, 1.82) is 0 Å². The molecule has 17 heavy (non-hydrogen) atoms. The minimum atomic E-state index is -0.370. The van der Waals surface area contributed by atoms with Gasteiger partial charge in [0.05, 0.1) is 17.6 Å². The zero-order chi connectivity index (χ0) is 12.8. The molecule has 0 radical (unpaired) electrons. The Labute approximate surface area is 101 Å². The van der Waals surface area contributed by atoms with Gasteiger partial charge in [-0.05, 0) is 26.8 Å². The molecule has 1 aromatic rings. The number of rotatable bonds is 6. The molecule has 0 amide bonds. The monoisotopic (exact) mass is 238 g/mol. The average molecular weight is 238 g/mol. The number of nitrogens with one attached hydrogen (secondary N) is 1. The summed E-state index contributed by atoms with van der Waals surface area (Å²) in [6, 6.07) is 5.12. The van der Waals surface area contributed by atoms with Gasteiger partial charge in [0.25, 0.3) is 5.69 Å². The molecular formula is C12H18N2O3. The fraction of sp³-hybridized carbons (Fsp3) is 0.500. The summed E-state index contributed by atoms with van der Waals surface area (Å²) in [5.41, 5.74) is 1.55. The molecule has 0 saturated heterocycles. The third-order valence-corrected chi connectivity index (χ3v) is 2.29. The van der Waals surface area contributed by atoms with Gasteiger partial charge in [-0.15, -0.1) is 0 Å². The van der Waals surface area contributed by atoms with Gasteiger partial charge in [0, 0.05) is 23.9 Å². The zero-order valence-corrected chi connectivity index (χ0v) is 10.4. The molecule has 0 atom stereocenters. The van der Waals surface area contributed by atoms with Crippen molar-refractivity contribution in [3.63, 3.8) is 0 Å². The number of hydrogen-bond donors (Lipinski definition) is 1. The average Bonchev–Trinajstić information content (AvgIpc) is 2.25. The minimum absolute atomic E-state index is 0.139. The standard InChI is InChI=1S/C12H18N2O3/c1-9(2)17-7-6-13-11-5-4-10(3)12(8-11)14(15)16/h4-5,8-9,13H,6-7H2,1-3H3. The SMILES string of the molecule is Cc1ccc(NCCOC(C)C)cc1[N+](=O)[O-]. The van der Waals surface area contributed by atoms with Crippen molar-refractivity contribution in [3.05, 3.63) is 33.9 Å². The molecule has 0 unspecified atom stereocenters. The van der Waals surface area contributed by atoms with Crippen molar-refractivity contribution in [2.24, 2.45) is 0 Å². The number of hydrogen-bond acceptors (Lipinski definition) is 4. The summed E-state index contributed by atoms with van der Waals surface area (Å²) in [5, 5.41) is 13.8. The van der Waals surface area contributed by atoms with E-state index in [1.165, 1.54) is 0 Å². The van der Waals surface area contributed by atoms with E-state index in [2.05, 4.69) is 5.32 Å². The smallest absolute Gasteiger partial charge is 0.274 e. The van der Waals surface area contributed by atoms with Crippen molar-refractivity contribution in [2.45, 2.75) is 26.9 Å². The molecule has 5 heteroatoms. The van der Waals surface area contributed by atoms with E-state index in [1.807, 2.05) is 19.9 Å². The third-order valence-electron chi connectivity index (χ3n) is 2.29. The van der Waals surface area contributed by atoms with E-state index < -0.39 is 0 Å². The number of nitro benzene ring substituents is 1. The summed E-state index contributed by atoms with van der Waals surface area (Å²) in [4.78, 5) is 10.4. The largest absolute Gasteiger partial charge is 0.383 e. The van der Waals surface area contributed by atoms with E-state index in [9.17, 15) is 10.1 Å². The molecule has 0 spiro atoms. The highest BCUT2D eigenvalue weighted by Gasteiger charge is 2.10. The summed E-state index contributed by atoms with van der Waals surface area (Å²) in [6.07, 6.45) is 0.198. The predicted octanol–water partition coefficient (Wildman–Crippen LogP) is 2.74. The first-order valence-corrected chi connectivity index (χ1v) is 5.61. The Balaban J connectivity index is 2.54. The number of aryl methyl sites for hydroxylation is 1. The molecule has 0 bridgehead atoms. The van der Waals surface area contributed by atoms with Crippen molar-refractivity contribution < 1.29 is 9.66 Å². The summed E-state index contributed by atoms with van der Waals surface area (Å²) in [7, 11) is 0. The van der Waals surface area contributed by atoms with Crippen LogP contribution < -0.4 is 5.32 Å². The minimum Gasteiger partial charge on any atom is -0.383 e. The van der Waals surface area contributed by atoms with Gasteiger partial charge in [-0.1, -0.05) is 6.07 Å². The van der Waals surface area contributed by atoms with E-state index in [-0.39, 0.29) is 16.7 Å². The number of benzene rings is 1. The highest BCUT2D eigenvalue weighted by atomic mass is 16.6. The second-order valence-electron chi connectivity index (χ2n) is 4.10. The molecule has 0 aliphatic rings. The van der Waals surface area contributed by atoms with E-state index >= 15 is 0 Å². The topological polar surface area (TPSA) is 64.4 Å². The lowest BCUT2D eigenvalue weighted by Crippen LogP contribution is -2.13. The highest BCUT2D eigenvalue weighted by molar-refractivity contribution is 5.54. The maximum absolute atomic E-state index is 10.7. The van der Waals surface area contributed by atoms with Crippen LogP contribution in [0.2, 0.25) is 0 Å². The molecule has 0 heterocycles. The summed E-state index contributed by atoms with van der Waals surface area (Å²) in [6.45, 7) is 6.88. The Kier molecular flexibility index (Phi) is 4.90. The molecule has 1 N–H and O–H groups in total. The second-order valence-corrected chi connectivity index (χ2v) is 4.10. The van der Waals surface area contributed by atoms with Crippen LogP contribution >= 0.6 is 0 Å². The Bertz CT molecular complexity index is 391. The van der Waals surface area contributed by atoms with E-state index in [1.54, 1.807) is 19.1 Å². The lowest BCUT2D eigenvalue weighted by atomic mass is 10.2. The van der Waals surface area contributed by atoms with Crippen molar-refractivity contribution in [2.75, 3.05) is 18.5 Å². The molecule has 5 nitrogen and oxygen atoms in total. The van der Waals surface area contributed by atoms with Crippen molar-refractivity contribution in [1.82, 2.24) is 0 Å². The first kappa shape index (κ1) is 13.4. The van der Waals surface area contributed by atoms with Gasteiger partial charge in [0.15, 0.2) is 0 Å². The molecule has 0 aromatic heterocycles. The molecule has 1 aromatic carbocycles. The van der Waals surface area contributed by atoms with Crippen molar-refractivity contribution >= 4 is 11.4 Å². The van der Waals surface area contributed by atoms with Gasteiger partial charge in [0.2, 0.25) is 0 Å². The summed E-state index contributed by atoms with van der Waals surface area (Å²) >= 11 is 0. The molecule has 1 rings (SSSR count). The van der Waals surface area contributed by atoms with Crippen LogP contribution in [0.4, 0.5) is 11.4 Å². The highest BCUT2D eigenvalue weighted by Crippen LogP contribution is 2.21. The normalized spacial score (nSPS) is 10.6. The number of anilines is 1. The summed E-state index contributed by atoms with van der Waals surface area (Å²) in [5.74, 6) is 0. The van der Waals surface area contributed by atoms with Gasteiger partial charge < -0.3 is 10.1 Å². The van der Waals surface area contributed by atoms with E-state index in [4.69, 9.17) is 4.74 Å². The van der Waals surface area contributed by atoms with Crippen LogP contribution in [-0.2, 0) is 4.74 Å². The molecule has 0 fully saturated rings. The van der Waals surface area contributed by atoms with Crippen molar-refractivity contribution in [3.8, 4) is 0 Å². The number of nitro groups is 1. The number of ether oxygens (including phenoxy) is 1. The Morgan fingerprint density at radius 3 is 2.76 bits per heavy atom. The molecular weight excluding hydrogens is 220 g/mol. The first-order valence-electron chi connectivity index (χ1n) is 5.61.